The molecule has 0 atom stereocenters. The first-order chi connectivity index (χ1) is 9.02. The number of rotatable bonds is 4. The van der Waals surface area contributed by atoms with Crippen LogP contribution >= 0.6 is 24.0 Å². The summed E-state index contributed by atoms with van der Waals surface area (Å²) in [6.45, 7) is 1.09. The molecule has 0 aliphatic rings. The molecular weight excluding hydrogens is 367 g/mol. The number of halogens is 1. The molecule has 1 N–H and O–H groups in total. The molecule has 112 valence electrons. The van der Waals surface area contributed by atoms with Crippen LogP contribution < -0.4 is 5.32 Å². The van der Waals surface area contributed by atoms with Crippen molar-refractivity contribution in [1.29, 1.82) is 0 Å². The molecule has 0 heterocycles. The molecule has 1 aromatic rings. The predicted molar refractivity (Wildman–Crippen MR) is 93.9 cm³/mol. The molecule has 0 saturated heterocycles. The van der Waals surface area contributed by atoms with Crippen molar-refractivity contribution in [2.75, 3.05) is 41.3 Å². The highest BCUT2D eigenvalue weighted by Gasteiger charge is 2.05. The third-order valence-corrected chi connectivity index (χ3v) is 2.49. The zero-order valence-corrected chi connectivity index (χ0v) is 14.8. The topological polar surface area (TPSA) is 47.9 Å². The lowest BCUT2D eigenvalue weighted by Crippen LogP contribution is -2.36. The molecule has 1 amide bonds. The van der Waals surface area contributed by atoms with Gasteiger partial charge in [0.2, 0.25) is 0 Å². The fraction of sp³-hybridized carbons (Fsp3) is 0.429. The number of carbonyl (C=O) groups is 1. The molecule has 0 aliphatic carbocycles. The smallest absolute Gasteiger partial charge is 0.251 e. The maximum absolute atomic E-state index is 11.8. The second-order valence-electron chi connectivity index (χ2n) is 4.59. The Morgan fingerprint density at radius 2 is 1.65 bits per heavy atom. The van der Waals surface area contributed by atoms with Crippen LogP contribution in [0.15, 0.2) is 35.3 Å². The van der Waals surface area contributed by atoms with Crippen molar-refractivity contribution in [3.63, 3.8) is 0 Å². The minimum Gasteiger partial charge on any atom is -0.350 e. The third kappa shape index (κ3) is 6.23. The van der Waals surface area contributed by atoms with Gasteiger partial charge in [-0.1, -0.05) is 18.2 Å². The summed E-state index contributed by atoms with van der Waals surface area (Å²) >= 11 is 0. The molecule has 0 aromatic heterocycles. The summed E-state index contributed by atoms with van der Waals surface area (Å²) in [5, 5.41) is 2.85. The molecule has 0 aliphatic heterocycles. The molecule has 0 saturated carbocycles. The van der Waals surface area contributed by atoms with Crippen molar-refractivity contribution < 1.29 is 4.79 Å². The highest BCUT2D eigenvalue weighted by Crippen LogP contribution is 1.97. The summed E-state index contributed by atoms with van der Waals surface area (Å²) < 4.78 is 0. The Labute approximate surface area is 138 Å². The van der Waals surface area contributed by atoms with Crippen molar-refractivity contribution in [2.45, 2.75) is 0 Å². The van der Waals surface area contributed by atoms with Gasteiger partial charge in [0.25, 0.3) is 5.91 Å². The first-order valence-electron chi connectivity index (χ1n) is 6.24. The lowest BCUT2D eigenvalue weighted by atomic mass is 10.2. The van der Waals surface area contributed by atoms with Crippen molar-refractivity contribution in [2.24, 2.45) is 4.99 Å². The fourth-order valence-corrected chi connectivity index (χ4v) is 1.70. The van der Waals surface area contributed by atoms with Crippen LogP contribution in [0.5, 0.6) is 0 Å². The van der Waals surface area contributed by atoms with Crippen molar-refractivity contribution in [3.8, 4) is 0 Å². The van der Waals surface area contributed by atoms with Crippen LogP contribution in [-0.4, -0.2) is 62.9 Å². The lowest BCUT2D eigenvalue weighted by Gasteiger charge is -2.22. The molecule has 0 bridgehead atoms. The Bertz CT molecular complexity index is 422. The van der Waals surface area contributed by atoms with Crippen LogP contribution in [0.1, 0.15) is 10.4 Å². The summed E-state index contributed by atoms with van der Waals surface area (Å²) in [6, 6.07) is 9.18. The van der Waals surface area contributed by atoms with E-state index in [0.29, 0.717) is 18.7 Å². The maximum atomic E-state index is 11.8. The largest absolute Gasteiger partial charge is 0.350 e. The SMILES string of the molecule is CN(C)C(=NCCNC(=O)c1ccccc1)N(C)C.I. The number of benzene rings is 1. The van der Waals surface area contributed by atoms with E-state index in [2.05, 4.69) is 10.3 Å². The highest BCUT2D eigenvalue weighted by atomic mass is 127. The van der Waals surface area contributed by atoms with E-state index in [1.807, 2.05) is 56.2 Å². The van der Waals surface area contributed by atoms with Crippen molar-refractivity contribution in [3.05, 3.63) is 35.9 Å². The van der Waals surface area contributed by atoms with Crippen LogP contribution in [0.2, 0.25) is 0 Å². The Morgan fingerprint density at radius 3 is 2.15 bits per heavy atom. The van der Waals surface area contributed by atoms with E-state index < -0.39 is 0 Å². The lowest BCUT2D eigenvalue weighted by molar-refractivity contribution is 0.0955. The number of nitrogens with one attached hydrogen (secondary N) is 1. The van der Waals surface area contributed by atoms with Gasteiger partial charge in [-0.05, 0) is 12.1 Å². The van der Waals surface area contributed by atoms with Gasteiger partial charge >= 0.3 is 0 Å². The molecule has 0 unspecified atom stereocenters. The molecule has 0 spiro atoms. The van der Waals surface area contributed by atoms with E-state index in [9.17, 15) is 4.79 Å². The first-order valence-corrected chi connectivity index (χ1v) is 6.24. The molecule has 6 heteroatoms. The highest BCUT2D eigenvalue weighted by molar-refractivity contribution is 14.0. The van der Waals surface area contributed by atoms with Gasteiger partial charge in [0.1, 0.15) is 0 Å². The Morgan fingerprint density at radius 1 is 1.10 bits per heavy atom. The van der Waals surface area contributed by atoms with Crippen molar-refractivity contribution >= 4 is 35.8 Å². The van der Waals surface area contributed by atoms with Gasteiger partial charge in [-0.3, -0.25) is 9.79 Å². The van der Waals surface area contributed by atoms with Gasteiger partial charge in [-0.2, -0.15) is 0 Å². The van der Waals surface area contributed by atoms with E-state index in [4.69, 9.17) is 0 Å². The Hall–Kier alpha value is -1.31. The average Bonchev–Trinajstić information content (AvgIpc) is 2.38. The normalized spacial score (nSPS) is 9.20. The zero-order valence-electron chi connectivity index (χ0n) is 12.5. The average molecular weight is 390 g/mol. The summed E-state index contributed by atoms with van der Waals surface area (Å²) in [7, 11) is 7.78. The minimum atomic E-state index is -0.0629. The zero-order chi connectivity index (χ0) is 14.3. The molecule has 1 aromatic carbocycles. The number of nitrogens with zero attached hydrogens (tertiary/aromatic N) is 3. The van der Waals surface area contributed by atoms with Gasteiger partial charge < -0.3 is 15.1 Å². The molecule has 0 radical (unpaired) electrons. The van der Waals surface area contributed by atoms with Crippen LogP contribution in [0, 0.1) is 0 Å². The van der Waals surface area contributed by atoms with E-state index in [1.54, 1.807) is 12.1 Å². The summed E-state index contributed by atoms with van der Waals surface area (Å²) in [5.74, 6) is 0.820. The predicted octanol–water partition coefficient (Wildman–Crippen LogP) is 1.51. The molecule has 1 rings (SSSR count). The Kier molecular flexibility index (Phi) is 8.94. The van der Waals surface area contributed by atoms with E-state index >= 15 is 0 Å². The van der Waals surface area contributed by atoms with Crippen LogP contribution in [0.4, 0.5) is 0 Å². The quantitative estimate of drug-likeness (QED) is 0.367. The number of hydrogen-bond acceptors (Lipinski definition) is 2. The van der Waals surface area contributed by atoms with Gasteiger partial charge in [-0.25, -0.2) is 0 Å². The maximum Gasteiger partial charge on any atom is 0.251 e. The summed E-state index contributed by atoms with van der Waals surface area (Å²) in [6.07, 6.45) is 0. The second kappa shape index (κ2) is 9.57. The fourth-order valence-electron chi connectivity index (χ4n) is 1.70. The van der Waals surface area contributed by atoms with Gasteiger partial charge in [0, 0.05) is 40.3 Å². The number of amides is 1. The van der Waals surface area contributed by atoms with Crippen molar-refractivity contribution in [1.82, 2.24) is 15.1 Å². The van der Waals surface area contributed by atoms with Gasteiger partial charge in [0.05, 0.1) is 6.54 Å². The summed E-state index contributed by atoms with van der Waals surface area (Å²) in [4.78, 5) is 20.1. The second-order valence-corrected chi connectivity index (χ2v) is 4.59. The van der Waals surface area contributed by atoms with E-state index in [1.165, 1.54) is 0 Å². The van der Waals surface area contributed by atoms with Crippen LogP contribution in [0.25, 0.3) is 0 Å². The third-order valence-electron chi connectivity index (χ3n) is 2.49. The van der Waals surface area contributed by atoms with Crippen LogP contribution in [-0.2, 0) is 0 Å². The number of guanidine groups is 1. The standard InChI is InChI=1S/C14H22N4O.HI/c1-17(2)14(18(3)4)16-11-10-15-13(19)12-8-6-5-7-9-12;/h5-9H,10-11H2,1-4H3,(H,15,19);1H. The molecule has 0 fully saturated rings. The molecule has 5 nitrogen and oxygen atoms in total. The summed E-state index contributed by atoms with van der Waals surface area (Å²) in [5.41, 5.74) is 0.673. The molecule has 20 heavy (non-hydrogen) atoms. The van der Waals surface area contributed by atoms with E-state index in [-0.39, 0.29) is 29.9 Å². The molecular formula is C14H23IN4O. The number of carbonyl (C=O) groups excluding carboxylic acids is 1. The first kappa shape index (κ1) is 18.7. The number of hydrogen-bond donors (Lipinski definition) is 1. The number of aliphatic imine (C=N–C) groups is 1. The Balaban J connectivity index is 0.00000361. The van der Waals surface area contributed by atoms with Gasteiger partial charge in [0.15, 0.2) is 5.96 Å². The van der Waals surface area contributed by atoms with Gasteiger partial charge in [-0.15, -0.1) is 24.0 Å². The monoisotopic (exact) mass is 390 g/mol. The van der Waals surface area contributed by atoms with Crippen LogP contribution in [0.3, 0.4) is 0 Å². The van der Waals surface area contributed by atoms with E-state index in [0.717, 1.165) is 5.96 Å². The minimum absolute atomic E-state index is 0.